The Morgan fingerprint density at radius 1 is 1.18 bits per heavy atom. The highest BCUT2D eigenvalue weighted by molar-refractivity contribution is 5.90. The van der Waals surface area contributed by atoms with Crippen molar-refractivity contribution in [1.82, 2.24) is 10.1 Å². The molecule has 2 heterocycles. The van der Waals surface area contributed by atoms with Crippen LogP contribution < -0.4 is 4.74 Å². The van der Waals surface area contributed by atoms with Gasteiger partial charge in [-0.05, 0) is 31.2 Å². The topological polar surface area (TPSA) is 74.5 Å². The summed E-state index contributed by atoms with van der Waals surface area (Å²) in [4.78, 5) is 15.6. The molecule has 3 rings (SSSR count). The summed E-state index contributed by atoms with van der Waals surface area (Å²) < 4.78 is 53.5. The number of nitrogens with zero attached hydrogens (tertiary/aromatic N) is 2. The van der Waals surface area contributed by atoms with E-state index in [9.17, 15) is 18.0 Å². The van der Waals surface area contributed by atoms with Crippen molar-refractivity contribution in [2.75, 3.05) is 7.11 Å². The molecule has 28 heavy (non-hydrogen) atoms. The van der Waals surface area contributed by atoms with Crippen LogP contribution in [0.15, 0.2) is 47.0 Å². The third kappa shape index (κ3) is 4.13. The van der Waals surface area contributed by atoms with Gasteiger partial charge in [-0.1, -0.05) is 17.3 Å². The van der Waals surface area contributed by atoms with Gasteiger partial charge in [0.2, 0.25) is 0 Å². The molecule has 9 heteroatoms. The number of hydrogen-bond acceptors (Lipinski definition) is 6. The molecule has 6 nitrogen and oxygen atoms in total. The molecule has 0 amide bonds. The molecule has 0 atom stereocenters. The summed E-state index contributed by atoms with van der Waals surface area (Å²) in [6.07, 6.45) is -4.58. The molecule has 0 aliphatic rings. The highest BCUT2D eigenvalue weighted by atomic mass is 19.4. The van der Waals surface area contributed by atoms with Gasteiger partial charge in [0.15, 0.2) is 12.4 Å². The number of esters is 1. The first-order valence-electron chi connectivity index (χ1n) is 8.10. The monoisotopic (exact) mass is 392 g/mol. The zero-order chi connectivity index (χ0) is 20.3. The lowest BCUT2D eigenvalue weighted by atomic mass is 10.1. The van der Waals surface area contributed by atoms with Crippen LogP contribution in [0.4, 0.5) is 13.2 Å². The summed E-state index contributed by atoms with van der Waals surface area (Å²) in [6.45, 7) is 1.07. The predicted molar refractivity (Wildman–Crippen MR) is 91.6 cm³/mol. The Bertz CT molecular complexity index is 999. The van der Waals surface area contributed by atoms with Crippen LogP contribution >= 0.6 is 0 Å². The first-order chi connectivity index (χ1) is 13.3. The number of aryl methyl sites for hydroxylation is 1. The Hall–Kier alpha value is -3.36. The number of carbonyl (C=O) groups excluding carboxylic acids is 1. The summed E-state index contributed by atoms with van der Waals surface area (Å²) in [5, 5.41) is 3.92. The largest absolute Gasteiger partial charge is 0.496 e. The van der Waals surface area contributed by atoms with Gasteiger partial charge in [0.05, 0.1) is 18.4 Å². The summed E-state index contributed by atoms with van der Waals surface area (Å²) >= 11 is 0. The molecule has 0 N–H and O–H groups in total. The Labute approximate surface area is 157 Å². The lowest BCUT2D eigenvalue weighted by Gasteiger charge is -2.09. The summed E-state index contributed by atoms with van der Waals surface area (Å²) in [7, 11) is 1.53. The van der Waals surface area contributed by atoms with E-state index in [0.29, 0.717) is 17.0 Å². The number of carbonyl (C=O) groups is 1. The minimum absolute atomic E-state index is 0.0579. The van der Waals surface area contributed by atoms with E-state index in [1.54, 1.807) is 18.2 Å². The third-order valence-electron chi connectivity index (χ3n) is 3.88. The first-order valence-corrected chi connectivity index (χ1v) is 8.10. The van der Waals surface area contributed by atoms with Gasteiger partial charge in [-0.2, -0.15) is 13.2 Å². The zero-order valence-corrected chi connectivity index (χ0v) is 14.9. The van der Waals surface area contributed by atoms with Crippen molar-refractivity contribution in [2.24, 2.45) is 0 Å². The van der Waals surface area contributed by atoms with Gasteiger partial charge in [0.25, 0.3) is 0 Å². The maximum Gasteiger partial charge on any atom is 0.433 e. The molecule has 0 fully saturated rings. The van der Waals surface area contributed by atoms with E-state index in [1.165, 1.54) is 14.0 Å². The van der Waals surface area contributed by atoms with Crippen LogP contribution in [0.3, 0.4) is 0 Å². The van der Waals surface area contributed by atoms with Gasteiger partial charge in [0, 0.05) is 11.6 Å². The second-order valence-electron chi connectivity index (χ2n) is 5.78. The van der Waals surface area contributed by atoms with Crippen molar-refractivity contribution in [3.63, 3.8) is 0 Å². The number of hydrogen-bond donors (Lipinski definition) is 0. The Kier molecular flexibility index (Phi) is 5.34. The number of ether oxygens (including phenoxy) is 2. The van der Waals surface area contributed by atoms with Gasteiger partial charge in [0.1, 0.15) is 17.1 Å². The molecule has 146 valence electrons. The number of rotatable bonds is 5. The average Bonchev–Trinajstić information content (AvgIpc) is 3.14. The number of pyridine rings is 1. The fourth-order valence-corrected chi connectivity index (χ4v) is 2.51. The minimum atomic E-state index is -4.58. The molecule has 0 radical (unpaired) electrons. The van der Waals surface area contributed by atoms with E-state index >= 15 is 0 Å². The maximum absolute atomic E-state index is 12.7. The normalized spacial score (nSPS) is 11.3. The fraction of sp³-hybridized carbons (Fsp3) is 0.211. The quantitative estimate of drug-likeness (QED) is 0.598. The van der Waals surface area contributed by atoms with Crippen LogP contribution in [-0.2, 0) is 17.5 Å². The van der Waals surface area contributed by atoms with Crippen LogP contribution in [-0.4, -0.2) is 23.2 Å². The molecule has 1 aromatic carbocycles. The number of halogens is 3. The SMILES string of the molecule is COc1ccccc1-c1cc(COC(=O)c2ccc(C(F)(F)F)nc2C)on1. The molecule has 0 saturated carbocycles. The molecular weight excluding hydrogens is 377 g/mol. The zero-order valence-electron chi connectivity index (χ0n) is 14.9. The molecule has 2 aromatic heterocycles. The molecule has 3 aromatic rings. The molecular formula is C19H15F3N2O4. The molecule has 0 bridgehead atoms. The second-order valence-corrected chi connectivity index (χ2v) is 5.78. The van der Waals surface area contributed by atoms with Crippen LogP contribution in [0.25, 0.3) is 11.3 Å². The Morgan fingerprint density at radius 2 is 1.93 bits per heavy atom. The Morgan fingerprint density at radius 3 is 2.61 bits per heavy atom. The lowest BCUT2D eigenvalue weighted by Crippen LogP contribution is -2.13. The van der Waals surface area contributed by atoms with Crippen molar-refractivity contribution in [2.45, 2.75) is 19.7 Å². The number of benzene rings is 1. The van der Waals surface area contributed by atoms with Crippen molar-refractivity contribution >= 4 is 5.97 Å². The van der Waals surface area contributed by atoms with E-state index in [0.717, 1.165) is 12.1 Å². The summed E-state index contributed by atoms with van der Waals surface area (Å²) in [5.41, 5.74) is -0.00667. The fourth-order valence-electron chi connectivity index (χ4n) is 2.51. The highest BCUT2D eigenvalue weighted by Gasteiger charge is 2.33. The van der Waals surface area contributed by atoms with Gasteiger partial charge < -0.3 is 14.0 Å². The highest BCUT2D eigenvalue weighted by Crippen LogP contribution is 2.30. The van der Waals surface area contributed by atoms with Crippen molar-refractivity contribution in [3.05, 3.63) is 65.2 Å². The van der Waals surface area contributed by atoms with Crippen molar-refractivity contribution in [1.29, 1.82) is 0 Å². The van der Waals surface area contributed by atoms with E-state index in [2.05, 4.69) is 10.1 Å². The molecule has 0 spiro atoms. The molecule has 0 saturated heterocycles. The van der Waals surface area contributed by atoms with Gasteiger partial charge in [-0.3, -0.25) is 0 Å². The van der Waals surface area contributed by atoms with Crippen LogP contribution in [0.1, 0.15) is 27.5 Å². The molecule has 0 aliphatic heterocycles. The Balaban J connectivity index is 1.70. The number of aromatic nitrogens is 2. The van der Waals surface area contributed by atoms with E-state index in [1.807, 2.05) is 12.1 Å². The second kappa shape index (κ2) is 7.71. The van der Waals surface area contributed by atoms with E-state index in [4.69, 9.17) is 14.0 Å². The molecule has 0 unspecified atom stereocenters. The third-order valence-corrected chi connectivity index (χ3v) is 3.88. The maximum atomic E-state index is 12.7. The van der Waals surface area contributed by atoms with Crippen molar-refractivity contribution in [3.8, 4) is 17.0 Å². The average molecular weight is 392 g/mol. The van der Waals surface area contributed by atoms with Gasteiger partial charge in [-0.15, -0.1) is 0 Å². The first kappa shape index (κ1) is 19.4. The molecule has 0 aliphatic carbocycles. The van der Waals surface area contributed by atoms with Crippen LogP contribution in [0.5, 0.6) is 5.75 Å². The lowest BCUT2D eigenvalue weighted by molar-refractivity contribution is -0.141. The van der Waals surface area contributed by atoms with Gasteiger partial charge >= 0.3 is 12.1 Å². The minimum Gasteiger partial charge on any atom is -0.496 e. The number of para-hydroxylation sites is 1. The number of alkyl halides is 3. The summed E-state index contributed by atoms with van der Waals surface area (Å²) in [6, 6.07) is 10.5. The smallest absolute Gasteiger partial charge is 0.433 e. The van der Waals surface area contributed by atoms with Crippen molar-refractivity contribution < 1.29 is 32.0 Å². The van der Waals surface area contributed by atoms with Crippen LogP contribution in [0.2, 0.25) is 0 Å². The predicted octanol–water partition coefficient (Wildman–Crippen LogP) is 4.43. The summed E-state index contributed by atoms with van der Waals surface area (Å²) in [5.74, 6) is 0.0616. The standard InChI is InChI=1S/C19H15F3N2O4/c1-11-13(7-8-17(23-11)19(20,21)22)18(25)27-10-12-9-15(24-28-12)14-5-3-4-6-16(14)26-2/h3-9H,10H2,1-2H3. The van der Waals surface area contributed by atoms with E-state index < -0.39 is 17.8 Å². The van der Waals surface area contributed by atoms with Gasteiger partial charge in [-0.25, -0.2) is 9.78 Å². The van der Waals surface area contributed by atoms with Crippen LogP contribution in [0, 0.1) is 6.92 Å². The van der Waals surface area contributed by atoms with E-state index in [-0.39, 0.29) is 23.6 Å². The number of methoxy groups -OCH3 is 1.